The predicted molar refractivity (Wildman–Crippen MR) is 163 cm³/mol. The smallest absolute Gasteiger partial charge is 0.319 e. The number of aromatic nitrogens is 5. The molecule has 1 aromatic carbocycles. The second-order valence-corrected chi connectivity index (χ2v) is 13.4. The summed E-state index contributed by atoms with van der Waals surface area (Å²) in [5, 5.41) is 9.13. The molecule has 2 atom stereocenters. The van der Waals surface area contributed by atoms with Crippen molar-refractivity contribution in [2.45, 2.75) is 68.9 Å². The molecule has 9 nitrogen and oxygen atoms in total. The molecule has 3 saturated heterocycles. The van der Waals surface area contributed by atoms with Gasteiger partial charge < -0.3 is 14.4 Å². The van der Waals surface area contributed by atoms with Gasteiger partial charge in [-0.05, 0) is 75.5 Å². The van der Waals surface area contributed by atoms with Crippen LogP contribution in [0.15, 0.2) is 24.4 Å². The van der Waals surface area contributed by atoms with E-state index in [2.05, 4.69) is 26.6 Å². The summed E-state index contributed by atoms with van der Waals surface area (Å²) in [6, 6.07) is 2.19. The third-order valence-electron chi connectivity index (χ3n) is 10.2. The van der Waals surface area contributed by atoms with Crippen molar-refractivity contribution in [3.05, 3.63) is 40.8 Å². The topological polar surface area (TPSA) is 92.3 Å². The summed E-state index contributed by atoms with van der Waals surface area (Å²) >= 11 is 6.83. The Morgan fingerprint density at radius 3 is 2.95 bits per heavy atom. The number of aromatic amines is 1. The SMILES string of the molecule is C=C1CN2CCC[C@@]2(COc2nc3c4c(nc(-c5c(C6CC6)c(Cl)cc6[nH]ncc56)c(F)c4n2)OC[C@@H]2CCCCN32)C1. The van der Waals surface area contributed by atoms with Crippen LogP contribution < -0.4 is 14.4 Å². The number of fused-ring (bicyclic) bond motifs is 4. The van der Waals surface area contributed by atoms with Crippen LogP contribution >= 0.6 is 11.6 Å². The van der Waals surface area contributed by atoms with Crippen LogP contribution in [0.1, 0.15) is 62.8 Å². The first-order chi connectivity index (χ1) is 21.0. The molecular weight excluding hydrogens is 569 g/mol. The molecular formula is C32H33ClFN7O2. The van der Waals surface area contributed by atoms with E-state index in [4.69, 9.17) is 36.0 Å². The van der Waals surface area contributed by atoms with Crippen molar-refractivity contribution in [2.75, 3.05) is 37.7 Å². The van der Waals surface area contributed by atoms with Crippen molar-refractivity contribution >= 4 is 39.2 Å². The largest absolute Gasteiger partial charge is 0.475 e. The summed E-state index contributed by atoms with van der Waals surface area (Å²) in [5.74, 6) is 0.734. The fraction of sp³-hybridized carbons (Fsp3) is 0.500. The summed E-state index contributed by atoms with van der Waals surface area (Å²) in [6.07, 6.45) is 9.92. The van der Waals surface area contributed by atoms with Gasteiger partial charge in [0.05, 0.1) is 23.3 Å². The Hall–Kier alpha value is -3.50. The standard InChI is InChI=1S/C32H33ClFN7O2/c1-17-12-32(8-4-9-40(32)14-17)16-43-31-37-28-25-29(38-31)41-10-3-2-5-19(41)15-42-30(25)36-27(26(28)34)24-20-13-35-39-22(20)11-21(33)23(24)18-6-7-18/h11,13,18-19H,1-10,12,14-16H2,(H,35,39)/t19-,32-/m0/s1. The van der Waals surface area contributed by atoms with Crippen LogP contribution in [-0.4, -0.2) is 74.5 Å². The maximum Gasteiger partial charge on any atom is 0.319 e. The second-order valence-electron chi connectivity index (χ2n) is 13.0. The molecule has 9 rings (SSSR count). The number of hydrogen-bond donors (Lipinski definition) is 1. The van der Waals surface area contributed by atoms with Gasteiger partial charge in [-0.1, -0.05) is 23.8 Å². The van der Waals surface area contributed by atoms with Crippen LogP contribution in [0.3, 0.4) is 0 Å². The number of H-pyrrole nitrogens is 1. The van der Waals surface area contributed by atoms with Crippen LogP contribution in [0.25, 0.3) is 33.1 Å². The average molecular weight is 602 g/mol. The lowest BCUT2D eigenvalue weighted by Crippen LogP contribution is -2.44. The molecule has 1 saturated carbocycles. The molecule has 0 unspecified atom stereocenters. The van der Waals surface area contributed by atoms with E-state index in [1.165, 1.54) is 5.57 Å². The van der Waals surface area contributed by atoms with E-state index in [0.29, 0.717) is 40.9 Å². The molecule has 11 heteroatoms. The van der Waals surface area contributed by atoms with Gasteiger partial charge in [0.2, 0.25) is 5.88 Å². The van der Waals surface area contributed by atoms with Crippen LogP contribution in [0, 0.1) is 5.82 Å². The van der Waals surface area contributed by atoms with E-state index in [1.807, 2.05) is 6.07 Å². The van der Waals surface area contributed by atoms with Crippen molar-refractivity contribution in [3.63, 3.8) is 0 Å². The van der Waals surface area contributed by atoms with E-state index in [-0.39, 0.29) is 34.7 Å². The first-order valence-corrected chi connectivity index (χ1v) is 15.9. The molecule has 43 heavy (non-hydrogen) atoms. The monoisotopic (exact) mass is 601 g/mol. The molecule has 4 aliphatic heterocycles. The summed E-state index contributed by atoms with van der Waals surface area (Å²) in [5.41, 5.74) is 3.79. The van der Waals surface area contributed by atoms with Gasteiger partial charge in [-0.2, -0.15) is 15.1 Å². The molecule has 1 N–H and O–H groups in total. The fourth-order valence-electron chi connectivity index (χ4n) is 8.02. The minimum Gasteiger partial charge on any atom is -0.475 e. The number of nitrogens with one attached hydrogen (secondary N) is 1. The maximum absolute atomic E-state index is 17.1. The zero-order chi connectivity index (χ0) is 28.9. The van der Waals surface area contributed by atoms with Gasteiger partial charge in [-0.3, -0.25) is 10.00 Å². The third-order valence-corrected chi connectivity index (χ3v) is 10.5. The lowest BCUT2D eigenvalue weighted by molar-refractivity contribution is 0.108. The molecule has 0 bridgehead atoms. The van der Waals surface area contributed by atoms with Crippen molar-refractivity contribution in [2.24, 2.45) is 0 Å². The molecule has 0 radical (unpaired) electrons. The van der Waals surface area contributed by atoms with Crippen LogP contribution in [0.2, 0.25) is 5.02 Å². The van der Waals surface area contributed by atoms with Crippen molar-refractivity contribution < 1.29 is 13.9 Å². The molecule has 3 aromatic heterocycles. The number of halogens is 2. The Kier molecular flexibility index (Phi) is 5.73. The highest BCUT2D eigenvalue weighted by Crippen LogP contribution is 2.51. The number of anilines is 1. The Morgan fingerprint density at radius 1 is 1.16 bits per heavy atom. The number of nitrogens with zero attached hydrogens (tertiary/aromatic N) is 6. The average Bonchev–Trinajstić information content (AvgIpc) is 3.53. The highest BCUT2D eigenvalue weighted by atomic mass is 35.5. The maximum atomic E-state index is 17.1. The highest BCUT2D eigenvalue weighted by molar-refractivity contribution is 6.33. The summed E-state index contributed by atoms with van der Waals surface area (Å²) in [4.78, 5) is 19.3. The van der Waals surface area contributed by atoms with Crippen molar-refractivity contribution in [1.82, 2.24) is 30.0 Å². The first kappa shape index (κ1) is 25.9. The minimum atomic E-state index is -0.520. The molecule has 222 valence electrons. The van der Waals surface area contributed by atoms with Gasteiger partial charge in [-0.15, -0.1) is 0 Å². The van der Waals surface area contributed by atoms with E-state index >= 15 is 4.39 Å². The Labute approximate surface area is 253 Å². The van der Waals surface area contributed by atoms with E-state index < -0.39 is 5.82 Å². The minimum absolute atomic E-state index is 0.0970. The number of pyridine rings is 1. The number of benzene rings is 1. The quantitative estimate of drug-likeness (QED) is 0.272. The lowest BCUT2D eigenvalue weighted by atomic mass is 9.94. The number of ether oxygens (including phenoxy) is 2. The van der Waals surface area contributed by atoms with Gasteiger partial charge in [0, 0.05) is 29.1 Å². The van der Waals surface area contributed by atoms with Crippen LogP contribution in [0.4, 0.5) is 10.2 Å². The van der Waals surface area contributed by atoms with Crippen LogP contribution in [0.5, 0.6) is 11.9 Å². The van der Waals surface area contributed by atoms with E-state index in [1.54, 1.807) is 6.20 Å². The first-order valence-electron chi connectivity index (χ1n) is 15.5. The summed E-state index contributed by atoms with van der Waals surface area (Å²) < 4.78 is 29.9. The zero-order valence-electron chi connectivity index (χ0n) is 24.0. The molecule has 1 aliphatic carbocycles. The zero-order valence-corrected chi connectivity index (χ0v) is 24.7. The van der Waals surface area contributed by atoms with Gasteiger partial charge in [0.1, 0.15) is 35.6 Å². The van der Waals surface area contributed by atoms with Gasteiger partial charge in [0.25, 0.3) is 0 Å². The predicted octanol–water partition coefficient (Wildman–Crippen LogP) is 6.16. The lowest BCUT2D eigenvalue weighted by Gasteiger charge is -2.35. The summed E-state index contributed by atoms with van der Waals surface area (Å²) in [6.45, 7) is 7.90. The highest BCUT2D eigenvalue weighted by Gasteiger charge is 2.47. The fourth-order valence-corrected chi connectivity index (χ4v) is 8.38. The molecule has 5 aliphatic rings. The second kappa shape index (κ2) is 9.50. The Morgan fingerprint density at radius 2 is 2.07 bits per heavy atom. The Balaban J connectivity index is 1.24. The number of hydrogen-bond acceptors (Lipinski definition) is 8. The normalized spacial score (nSPS) is 25.2. The van der Waals surface area contributed by atoms with Crippen molar-refractivity contribution in [3.8, 4) is 23.1 Å². The van der Waals surface area contributed by atoms with Gasteiger partial charge >= 0.3 is 6.01 Å². The van der Waals surface area contributed by atoms with Crippen LogP contribution in [-0.2, 0) is 0 Å². The molecule has 0 spiro atoms. The number of piperidine rings is 1. The molecule has 4 aromatic rings. The summed E-state index contributed by atoms with van der Waals surface area (Å²) in [7, 11) is 0. The van der Waals surface area contributed by atoms with E-state index in [9.17, 15) is 0 Å². The molecule has 7 heterocycles. The third kappa shape index (κ3) is 3.98. The number of rotatable bonds is 5. The van der Waals surface area contributed by atoms with Gasteiger partial charge in [0.15, 0.2) is 5.82 Å². The van der Waals surface area contributed by atoms with Gasteiger partial charge in [-0.25, -0.2) is 9.37 Å². The van der Waals surface area contributed by atoms with E-state index in [0.717, 1.165) is 87.5 Å². The molecule has 4 fully saturated rings. The Bertz CT molecular complexity index is 1820. The molecule has 0 amide bonds. The van der Waals surface area contributed by atoms with Crippen molar-refractivity contribution in [1.29, 1.82) is 0 Å².